The van der Waals surface area contributed by atoms with Crippen LogP contribution in [0.25, 0.3) is 16.5 Å². The van der Waals surface area contributed by atoms with E-state index in [1.165, 1.54) is 36.6 Å². The van der Waals surface area contributed by atoms with Gasteiger partial charge in [0.15, 0.2) is 16.7 Å². The summed E-state index contributed by atoms with van der Waals surface area (Å²) in [5.41, 5.74) is 4.93. The van der Waals surface area contributed by atoms with Crippen LogP contribution in [0.3, 0.4) is 0 Å². The Bertz CT molecular complexity index is 1150. The molecule has 2 aromatic carbocycles. The number of benzene rings is 2. The molecule has 0 radical (unpaired) electrons. The molecule has 2 aliphatic heterocycles. The molecule has 1 unspecified atom stereocenters. The molecule has 1 aromatic heterocycles. The van der Waals surface area contributed by atoms with Crippen LogP contribution >= 0.6 is 12.2 Å². The maximum Gasteiger partial charge on any atom is 0.175 e. The van der Waals surface area contributed by atoms with Gasteiger partial charge in [-0.2, -0.15) is 0 Å². The van der Waals surface area contributed by atoms with E-state index in [-0.39, 0.29) is 0 Å². The van der Waals surface area contributed by atoms with E-state index in [1.54, 1.807) is 0 Å². The third-order valence-electron chi connectivity index (χ3n) is 5.99. The van der Waals surface area contributed by atoms with Crippen LogP contribution in [0.5, 0.6) is 0 Å². The predicted octanol–water partition coefficient (Wildman–Crippen LogP) is 5.51. The van der Waals surface area contributed by atoms with Crippen LogP contribution in [0.15, 0.2) is 48.7 Å². The van der Waals surface area contributed by atoms with Crippen LogP contribution in [0, 0.1) is 11.6 Å². The Morgan fingerprint density at radius 1 is 1.07 bits per heavy atom. The second-order valence-electron chi connectivity index (χ2n) is 7.90. The zero-order valence-electron chi connectivity index (χ0n) is 16.3. The van der Waals surface area contributed by atoms with Crippen LogP contribution in [0.4, 0.5) is 20.2 Å². The molecule has 154 valence electrons. The van der Waals surface area contributed by atoms with E-state index in [2.05, 4.69) is 38.9 Å². The number of thiocarbonyl (C=S) groups is 1. The molecular formula is C23H22F2N4S. The maximum absolute atomic E-state index is 13.4. The van der Waals surface area contributed by atoms with Gasteiger partial charge in [-0.05, 0) is 73.9 Å². The van der Waals surface area contributed by atoms with Gasteiger partial charge in [0.05, 0.1) is 0 Å². The lowest BCUT2D eigenvalue weighted by molar-refractivity contribution is 0.275. The Hall–Kier alpha value is -2.77. The van der Waals surface area contributed by atoms with Crippen molar-refractivity contribution in [3.8, 4) is 0 Å². The van der Waals surface area contributed by atoms with Gasteiger partial charge in [-0.1, -0.05) is 6.08 Å². The topological polar surface area (TPSA) is 43.1 Å². The SMILES string of the molecule is Fc1ccc(NC(=S)Nc2ccc3[nH]cc(C4=CCN5CCCC5C4)c3c2)cc1F. The Kier molecular flexibility index (Phi) is 5.00. The molecule has 0 saturated carbocycles. The largest absolute Gasteiger partial charge is 0.361 e. The molecule has 4 nitrogen and oxygen atoms in total. The van der Waals surface area contributed by atoms with Crippen LogP contribution in [0.2, 0.25) is 0 Å². The molecule has 0 spiro atoms. The van der Waals surface area contributed by atoms with Crippen molar-refractivity contribution in [2.24, 2.45) is 0 Å². The van der Waals surface area contributed by atoms with Gasteiger partial charge in [0, 0.05) is 52.7 Å². The first-order valence-electron chi connectivity index (χ1n) is 10.1. The number of fused-ring (bicyclic) bond motifs is 2. The molecule has 3 N–H and O–H groups in total. The highest BCUT2D eigenvalue weighted by atomic mass is 32.1. The summed E-state index contributed by atoms with van der Waals surface area (Å²) >= 11 is 5.34. The minimum Gasteiger partial charge on any atom is -0.361 e. The molecule has 0 aliphatic carbocycles. The van der Waals surface area contributed by atoms with Crippen LogP contribution in [-0.2, 0) is 0 Å². The van der Waals surface area contributed by atoms with Crippen molar-refractivity contribution in [2.75, 3.05) is 23.7 Å². The van der Waals surface area contributed by atoms with E-state index in [4.69, 9.17) is 12.2 Å². The fourth-order valence-corrected chi connectivity index (χ4v) is 4.72. The van der Waals surface area contributed by atoms with Gasteiger partial charge in [0.2, 0.25) is 0 Å². The summed E-state index contributed by atoms with van der Waals surface area (Å²) in [6.45, 7) is 2.23. The van der Waals surface area contributed by atoms with Crippen molar-refractivity contribution in [1.82, 2.24) is 9.88 Å². The van der Waals surface area contributed by atoms with Crippen molar-refractivity contribution >= 4 is 45.2 Å². The van der Waals surface area contributed by atoms with Gasteiger partial charge in [0.25, 0.3) is 0 Å². The summed E-state index contributed by atoms with van der Waals surface area (Å²) in [7, 11) is 0. The summed E-state index contributed by atoms with van der Waals surface area (Å²) < 4.78 is 26.5. The quantitative estimate of drug-likeness (QED) is 0.485. The van der Waals surface area contributed by atoms with Crippen LogP contribution < -0.4 is 10.6 Å². The first-order chi connectivity index (χ1) is 14.6. The van der Waals surface area contributed by atoms with E-state index in [0.29, 0.717) is 16.8 Å². The highest BCUT2D eigenvalue weighted by molar-refractivity contribution is 7.80. The van der Waals surface area contributed by atoms with Crippen molar-refractivity contribution in [1.29, 1.82) is 0 Å². The standard InChI is InChI=1S/C23H22F2N4S/c24-20-5-3-16(12-21(20)25)28-23(30)27-15-4-6-22-18(11-15)19(13-26-22)14-7-9-29-8-1-2-17(29)10-14/h3-7,11-13,17,26H,1-2,8-10H2,(H2,27,28,30). The van der Waals surface area contributed by atoms with Gasteiger partial charge in [0.1, 0.15) is 0 Å². The smallest absolute Gasteiger partial charge is 0.175 e. The summed E-state index contributed by atoms with van der Waals surface area (Å²) in [5.74, 6) is -1.80. The van der Waals surface area contributed by atoms with E-state index in [1.807, 2.05) is 12.1 Å². The van der Waals surface area contributed by atoms with E-state index >= 15 is 0 Å². The van der Waals surface area contributed by atoms with Gasteiger partial charge in [-0.3, -0.25) is 4.90 Å². The minimum absolute atomic E-state index is 0.316. The fourth-order valence-electron chi connectivity index (χ4n) is 4.48. The molecule has 1 saturated heterocycles. The van der Waals surface area contributed by atoms with Gasteiger partial charge >= 0.3 is 0 Å². The van der Waals surface area contributed by atoms with E-state index in [9.17, 15) is 8.78 Å². The number of anilines is 2. The lowest BCUT2D eigenvalue weighted by Gasteiger charge is -2.29. The lowest BCUT2D eigenvalue weighted by Crippen LogP contribution is -2.32. The Morgan fingerprint density at radius 2 is 1.87 bits per heavy atom. The minimum atomic E-state index is -0.914. The van der Waals surface area contributed by atoms with Crippen LogP contribution in [0.1, 0.15) is 24.8 Å². The number of aromatic amines is 1. The molecule has 3 aromatic rings. The Labute approximate surface area is 179 Å². The molecule has 7 heteroatoms. The molecule has 30 heavy (non-hydrogen) atoms. The average molecular weight is 425 g/mol. The Balaban J connectivity index is 1.35. The van der Waals surface area contributed by atoms with E-state index < -0.39 is 11.6 Å². The highest BCUT2D eigenvalue weighted by Crippen LogP contribution is 2.35. The third kappa shape index (κ3) is 3.70. The maximum atomic E-state index is 13.4. The van der Waals surface area contributed by atoms with Crippen molar-refractivity contribution < 1.29 is 8.78 Å². The normalized spacial score (nSPS) is 18.9. The molecule has 2 aliphatic rings. The van der Waals surface area contributed by atoms with Gasteiger partial charge < -0.3 is 15.6 Å². The first kappa shape index (κ1) is 19.2. The van der Waals surface area contributed by atoms with Gasteiger partial charge in [-0.15, -0.1) is 0 Å². The third-order valence-corrected chi connectivity index (χ3v) is 6.19. The molecule has 1 atom stereocenters. The average Bonchev–Trinajstić information content (AvgIpc) is 3.36. The number of hydrogen-bond donors (Lipinski definition) is 3. The molecule has 1 fully saturated rings. The number of halogens is 2. The first-order valence-corrected chi connectivity index (χ1v) is 10.6. The molecule has 0 bridgehead atoms. The fraction of sp³-hybridized carbons (Fsp3) is 0.261. The van der Waals surface area contributed by atoms with Crippen LogP contribution in [-0.4, -0.2) is 34.1 Å². The zero-order valence-corrected chi connectivity index (χ0v) is 17.2. The lowest BCUT2D eigenvalue weighted by atomic mass is 9.94. The number of rotatable bonds is 3. The second kappa shape index (κ2) is 7.81. The number of H-pyrrole nitrogens is 1. The molecule has 5 rings (SSSR count). The summed E-state index contributed by atoms with van der Waals surface area (Å²) in [5, 5.41) is 7.49. The van der Waals surface area contributed by atoms with Crippen molar-refractivity contribution in [2.45, 2.75) is 25.3 Å². The molecular weight excluding hydrogens is 402 g/mol. The number of nitrogens with one attached hydrogen (secondary N) is 3. The highest BCUT2D eigenvalue weighted by Gasteiger charge is 2.28. The second-order valence-corrected chi connectivity index (χ2v) is 8.30. The number of aromatic nitrogens is 1. The summed E-state index contributed by atoms with van der Waals surface area (Å²) in [6, 6.07) is 10.3. The van der Waals surface area contributed by atoms with Gasteiger partial charge in [-0.25, -0.2) is 8.78 Å². The number of nitrogens with zero attached hydrogens (tertiary/aromatic N) is 1. The van der Waals surface area contributed by atoms with Crippen molar-refractivity contribution in [3.63, 3.8) is 0 Å². The van der Waals surface area contributed by atoms with E-state index in [0.717, 1.165) is 41.7 Å². The Morgan fingerprint density at radius 3 is 2.70 bits per heavy atom. The summed E-state index contributed by atoms with van der Waals surface area (Å²) in [6.07, 6.45) is 8.08. The summed E-state index contributed by atoms with van der Waals surface area (Å²) in [4.78, 5) is 5.93. The zero-order chi connectivity index (χ0) is 20.7. The molecule has 3 heterocycles. The molecule has 0 amide bonds. The monoisotopic (exact) mass is 424 g/mol. The number of hydrogen-bond acceptors (Lipinski definition) is 2. The predicted molar refractivity (Wildman–Crippen MR) is 122 cm³/mol. The van der Waals surface area contributed by atoms with Crippen molar-refractivity contribution in [3.05, 3.63) is 65.9 Å².